The Balaban J connectivity index is 1.36. The van der Waals surface area contributed by atoms with Crippen molar-refractivity contribution in [1.82, 2.24) is 19.4 Å². The van der Waals surface area contributed by atoms with Gasteiger partial charge in [-0.1, -0.05) is 60.7 Å². The van der Waals surface area contributed by atoms with Gasteiger partial charge in [-0.25, -0.2) is 9.97 Å². The van der Waals surface area contributed by atoms with Gasteiger partial charge in [0.05, 0.1) is 11.7 Å². The van der Waals surface area contributed by atoms with E-state index < -0.39 is 0 Å². The van der Waals surface area contributed by atoms with Crippen LogP contribution in [0.4, 0.5) is 0 Å². The molecule has 0 spiro atoms. The van der Waals surface area contributed by atoms with Crippen molar-refractivity contribution in [2.24, 2.45) is 11.7 Å². The lowest BCUT2D eigenvalue weighted by atomic mass is 9.64. The van der Waals surface area contributed by atoms with Crippen LogP contribution in [0.1, 0.15) is 42.0 Å². The molecule has 5 heteroatoms. The van der Waals surface area contributed by atoms with Gasteiger partial charge in [0.1, 0.15) is 0 Å². The third kappa shape index (κ3) is 3.72. The molecule has 3 atom stereocenters. The molecule has 3 unspecified atom stereocenters. The van der Waals surface area contributed by atoms with Crippen molar-refractivity contribution in [1.29, 1.82) is 0 Å². The molecule has 0 amide bonds. The third-order valence-electron chi connectivity index (χ3n) is 7.53. The highest BCUT2D eigenvalue weighted by atomic mass is 15.1. The van der Waals surface area contributed by atoms with Gasteiger partial charge in [-0.3, -0.25) is 4.40 Å². The average molecular weight is 436 g/mol. The van der Waals surface area contributed by atoms with E-state index in [1.54, 1.807) is 0 Å². The molecular weight excluding hydrogens is 406 g/mol. The Morgan fingerprint density at radius 3 is 2.48 bits per heavy atom. The zero-order valence-corrected chi connectivity index (χ0v) is 18.7. The van der Waals surface area contributed by atoms with Gasteiger partial charge < -0.3 is 10.7 Å². The summed E-state index contributed by atoms with van der Waals surface area (Å²) in [4.78, 5) is 12.4. The Kier molecular flexibility index (Phi) is 4.99. The Bertz CT molecular complexity index is 1370. The lowest BCUT2D eigenvalue weighted by Crippen LogP contribution is -2.53. The lowest BCUT2D eigenvalue weighted by molar-refractivity contribution is 0.167. The zero-order chi connectivity index (χ0) is 22.3. The first-order chi connectivity index (χ1) is 16.2. The molecule has 5 aromatic rings. The van der Waals surface area contributed by atoms with Crippen molar-refractivity contribution in [3.63, 3.8) is 0 Å². The molecule has 5 nitrogen and oxygen atoms in total. The van der Waals surface area contributed by atoms with Gasteiger partial charge in [0, 0.05) is 29.5 Å². The van der Waals surface area contributed by atoms with Crippen LogP contribution in [0.25, 0.3) is 16.8 Å². The Hall–Kier alpha value is -3.44. The molecule has 1 aliphatic carbocycles. The van der Waals surface area contributed by atoms with E-state index in [0.717, 1.165) is 48.9 Å². The number of H-pyrrole nitrogens is 1. The highest BCUT2D eigenvalue weighted by Gasteiger charge is 2.41. The fourth-order valence-corrected chi connectivity index (χ4v) is 5.79. The largest absolute Gasteiger partial charge is 0.345 e. The number of nitrogens with one attached hydrogen (secondary N) is 1. The summed E-state index contributed by atoms with van der Waals surface area (Å²) in [5, 5.41) is 0. The quantitative estimate of drug-likeness (QED) is 0.395. The van der Waals surface area contributed by atoms with Crippen LogP contribution in [-0.2, 0) is 12.8 Å². The summed E-state index contributed by atoms with van der Waals surface area (Å²) in [7, 11) is 0. The van der Waals surface area contributed by atoms with Crippen LogP contribution < -0.4 is 5.73 Å². The number of imidazole rings is 1. The number of aromatic nitrogens is 4. The van der Waals surface area contributed by atoms with E-state index >= 15 is 0 Å². The number of rotatable bonds is 5. The number of benzene rings is 2. The molecule has 3 aromatic heterocycles. The number of nitrogens with two attached hydrogens (primary N) is 1. The van der Waals surface area contributed by atoms with Crippen LogP contribution in [0, 0.1) is 5.92 Å². The first-order valence-corrected chi connectivity index (χ1v) is 11.9. The van der Waals surface area contributed by atoms with Gasteiger partial charge in [-0.05, 0) is 55.2 Å². The van der Waals surface area contributed by atoms with Crippen LogP contribution in [-0.4, -0.2) is 24.9 Å². The van der Waals surface area contributed by atoms with Gasteiger partial charge in [0.2, 0.25) is 0 Å². The molecule has 0 saturated heterocycles. The average Bonchev–Trinajstić information content (AvgIpc) is 3.49. The Labute approximate surface area is 193 Å². The van der Waals surface area contributed by atoms with E-state index in [0.29, 0.717) is 11.8 Å². The molecule has 0 aliphatic heterocycles. The van der Waals surface area contributed by atoms with E-state index in [4.69, 9.17) is 10.7 Å². The van der Waals surface area contributed by atoms with Crippen molar-refractivity contribution in [3.8, 4) is 0 Å². The zero-order valence-electron chi connectivity index (χ0n) is 18.7. The topological polar surface area (TPSA) is 72.0 Å². The SMILES string of the molecule is NC1(Cc2ccccc2)CCC(c2cnc3cnc4[nH]ccc4n23)CC1Cc1ccccc1. The van der Waals surface area contributed by atoms with Crippen molar-refractivity contribution >= 4 is 16.8 Å². The molecule has 2 aromatic carbocycles. The Morgan fingerprint density at radius 2 is 1.70 bits per heavy atom. The van der Waals surface area contributed by atoms with Crippen LogP contribution in [0.2, 0.25) is 0 Å². The molecule has 0 radical (unpaired) electrons. The second-order valence-corrected chi connectivity index (χ2v) is 9.60. The fraction of sp³-hybridized carbons (Fsp3) is 0.286. The summed E-state index contributed by atoms with van der Waals surface area (Å²) in [5.74, 6) is 0.801. The molecule has 1 aliphatic rings. The molecule has 1 fully saturated rings. The normalized spacial score (nSPS) is 23.3. The number of hydrogen-bond donors (Lipinski definition) is 2. The van der Waals surface area contributed by atoms with Gasteiger partial charge in [-0.2, -0.15) is 0 Å². The molecule has 3 heterocycles. The van der Waals surface area contributed by atoms with E-state index in [1.165, 1.54) is 16.8 Å². The maximum absolute atomic E-state index is 7.25. The fourth-order valence-electron chi connectivity index (χ4n) is 5.79. The van der Waals surface area contributed by atoms with Crippen LogP contribution in [0.3, 0.4) is 0 Å². The smallest absolute Gasteiger partial charge is 0.156 e. The summed E-state index contributed by atoms with van der Waals surface area (Å²) in [6.45, 7) is 0. The molecule has 3 N–H and O–H groups in total. The number of nitrogens with zero attached hydrogens (tertiary/aromatic N) is 3. The summed E-state index contributed by atoms with van der Waals surface area (Å²) < 4.78 is 2.28. The van der Waals surface area contributed by atoms with Crippen molar-refractivity contribution in [3.05, 3.63) is 102 Å². The van der Waals surface area contributed by atoms with Crippen LogP contribution >= 0.6 is 0 Å². The maximum atomic E-state index is 7.25. The standard InChI is InChI=1S/C28H29N5/c29-28(17-21-9-5-2-6-10-21)13-11-22(16-23(28)15-20-7-3-1-4-8-20)25-18-31-26-19-32-27-24(33(25)26)12-14-30-27/h1-10,12,14,18-19,22-23,30H,11,13,15-17,29H2. The second kappa shape index (κ2) is 8.16. The van der Waals surface area contributed by atoms with Crippen molar-refractivity contribution in [2.45, 2.75) is 43.6 Å². The lowest BCUT2D eigenvalue weighted by Gasteiger charge is -2.45. The van der Waals surface area contributed by atoms with Crippen LogP contribution in [0.5, 0.6) is 0 Å². The van der Waals surface area contributed by atoms with E-state index in [1.807, 2.05) is 12.4 Å². The Morgan fingerprint density at radius 1 is 0.939 bits per heavy atom. The number of aromatic amines is 1. The monoisotopic (exact) mass is 435 g/mol. The second-order valence-electron chi connectivity index (χ2n) is 9.60. The van der Waals surface area contributed by atoms with E-state index in [2.05, 4.69) is 87.3 Å². The minimum atomic E-state index is -0.223. The maximum Gasteiger partial charge on any atom is 0.156 e. The first-order valence-electron chi connectivity index (χ1n) is 11.9. The van der Waals surface area contributed by atoms with Crippen molar-refractivity contribution in [2.75, 3.05) is 0 Å². The van der Waals surface area contributed by atoms with Crippen LogP contribution in [0.15, 0.2) is 85.3 Å². The molecule has 6 rings (SSSR count). The minimum absolute atomic E-state index is 0.223. The van der Waals surface area contributed by atoms with E-state index in [9.17, 15) is 0 Å². The molecule has 0 bridgehead atoms. The van der Waals surface area contributed by atoms with Gasteiger partial charge in [0.25, 0.3) is 0 Å². The number of hydrogen-bond acceptors (Lipinski definition) is 3. The highest BCUT2D eigenvalue weighted by molar-refractivity contribution is 5.74. The van der Waals surface area contributed by atoms with Gasteiger partial charge in [0.15, 0.2) is 11.3 Å². The predicted molar refractivity (Wildman–Crippen MR) is 132 cm³/mol. The minimum Gasteiger partial charge on any atom is -0.345 e. The summed E-state index contributed by atoms with van der Waals surface area (Å²) in [6.07, 6.45) is 10.9. The van der Waals surface area contributed by atoms with Gasteiger partial charge >= 0.3 is 0 Å². The summed E-state index contributed by atoms with van der Waals surface area (Å²) in [6, 6.07) is 23.6. The highest BCUT2D eigenvalue weighted by Crippen LogP contribution is 2.44. The van der Waals surface area contributed by atoms with Crippen molar-refractivity contribution < 1.29 is 0 Å². The summed E-state index contributed by atoms with van der Waals surface area (Å²) >= 11 is 0. The first kappa shape index (κ1) is 20.2. The number of fused-ring (bicyclic) bond motifs is 3. The molecule has 1 saturated carbocycles. The third-order valence-corrected chi connectivity index (χ3v) is 7.53. The van der Waals surface area contributed by atoms with E-state index in [-0.39, 0.29) is 5.54 Å². The molecular formula is C28H29N5. The molecule has 33 heavy (non-hydrogen) atoms. The summed E-state index contributed by atoms with van der Waals surface area (Å²) in [5.41, 5.74) is 13.9. The van der Waals surface area contributed by atoms with Gasteiger partial charge in [-0.15, -0.1) is 0 Å². The predicted octanol–water partition coefficient (Wildman–Crippen LogP) is 5.28. The molecule has 166 valence electrons.